The summed E-state index contributed by atoms with van der Waals surface area (Å²) in [6.45, 7) is 4.14. The van der Waals surface area contributed by atoms with Gasteiger partial charge in [0.2, 0.25) is 10.0 Å². The summed E-state index contributed by atoms with van der Waals surface area (Å²) in [4.78, 5) is 0. The molecule has 0 saturated carbocycles. The van der Waals surface area contributed by atoms with E-state index in [-0.39, 0.29) is 5.75 Å². The number of benzene rings is 2. The number of sulfonamides is 1. The van der Waals surface area contributed by atoms with Gasteiger partial charge in [-0.15, -0.1) is 0 Å². The lowest BCUT2D eigenvalue weighted by Crippen LogP contribution is -2.37. The maximum Gasteiger partial charge on any atom is 0.212 e. The second-order valence-electron chi connectivity index (χ2n) is 6.56. The minimum Gasteiger partial charge on any atom is -0.322 e. The molecule has 2 aromatic carbocycles. The second-order valence-corrected chi connectivity index (χ2v) is 8.44. The predicted molar refractivity (Wildman–Crippen MR) is 104 cm³/mol. The van der Waals surface area contributed by atoms with E-state index < -0.39 is 22.1 Å². The zero-order chi connectivity index (χ0) is 18.3. The fraction of sp³-hybridized carbons (Fsp3) is 0.400. The number of hydrogen-bond acceptors (Lipinski definition) is 3. The normalized spacial score (nSPS) is 15.5. The van der Waals surface area contributed by atoms with E-state index in [4.69, 9.17) is 5.73 Å². The molecule has 136 valence electrons. The van der Waals surface area contributed by atoms with Crippen molar-refractivity contribution in [3.05, 3.63) is 71.8 Å². The zero-order valence-corrected chi connectivity index (χ0v) is 15.7. The van der Waals surface area contributed by atoms with Crippen molar-refractivity contribution < 1.29 is 8.42 Å². The van der Waals surface area contributed by atoms with Crippen LogP contribution in [0, 0.1) is 5.92 Å². The Balaban J connectivity index is 2.24. The standard InChI is InChI=1S/C20H28N2O2S/c1-3-16(2)14-15-25(23,24)22-20(18-12-8-5-9-13-18)19(21)17-10-6-4-7-11-17/h4-13,16,19-20,22H,3,14-15,21H2,1-2H3. The molecule has 0 fully saturated rings. The summed E-state index contributed by atoms with van der Waals surface area (Å²) in [5, 5.41) is 0. The Morgan fingerprint density at radius 2 is 1.48 bits per heavy atom. The first kappa shape index (κ1) is 19.6. The lowest BCUT2D eigenvalue weighted by Gasteiger charge is -2.26. The van der Waals surface area contributed by atoms with E-state index in [0.717, 1.165) is 17.5 Å². The first-order valence-corrected chi connectivity index (χ1v) is 10.4. The van der Waals surface area contributed by atoms with Gasteiger partial charge in [-0.25, -0.2) is 13.1 Å². The van der Waals surface area contributed by atoms with Crippen LogP contribution in [0.15, 0.2) is 60.7 Å². The van der Waals surface area contributed by atoms with Crippen LogP contribution in [0.3, 0.4) is 0 Å². The Morgan fingerprint density at radius 3 is 2.00 bits per heavy atom. The fourth-order valence-corrected chi connectivity index (χ4v) is 4.19. The maximum atomic E-state index is 12.6. The van der Waals surface area contributed by atoms with Gasteiger partial charge < -0.3 is 5.73 Å². The Bertz CT molecular complexity index is 733. The smallest absolute Gasteiger partial charge is 0.212 e. The van der Waals surface area contributed by atoms with E-state index in [1.165, 1.54) is 0 Å². The maximum absolute atomic E-state index is 12.6. The minimum atomic E-state index is -3.42. The van der Waals surface area contributed by atoms with Gasteiger partial charge in [-0.05, 0) is 23.5 Å². The molecule has 0 radical (unpaired) electrons. The molecular weight excluding hydrogens is 332 g/mol. The Morgan fingerprint density at radius 1 is 0.960 bits per heavy atom. The lowest BCUT2D eigenvalue weighted by atomic mass is 9.95. The third kappa shape index (κ3) is 5.96. The fourth-order valence-electron chi connectivity index (χ4n) is 2.69. The molecule has 0 amide bonds. The van der Waals surface area contributed by atoms with Crippen LogP contribution in [0.25, 0.3) is 0 Å². The minimum absolute atomic E-state index is 0.118. The quantitative estimate of drug-likeness (QED) is 0.715. The average molecular weight is 361 g/mol. The molecule has 0 bridgehead atoms. The molecule has 4 nitrogen and oxygen atoms in total. The predicted octanol–water partition coefficient (Wildman–Crippen LogP) is 3.78. The molecule has 3 N–H and O–H groups in total. The molecule has 2 rings (SSSR count). The number of nitrogens with two attached hydrogens (primary N) is 1. The van der Waals surface area contributed by atoms with Crippen LogP contribution in [0.4, 0.5) is 0 Å². The van der Waals surface area contributed by atoms with Crippen molar-refractivity contribution in [3.63, 3.8) is 0 Å². The van der Waals surface area contributed by atoms with Gasteiger partial charge >= 0.3 is 0 Å². The monoisotopic (exact) mass is 360 g/mol. The molecule has 3 unspecified atom stereocenters. The topological polar surface area (TPSA) is 72.2 Å². The van der Waals surface area contributed by atoms with Crippen molar-refractivity contribution in [2.24, 2.45) is 11.7 Å². The van der Waals surface area contributed by atoms with Gasteiger partial charge in [-0.2, -0.15) is 0 Å². The van der Waals surface area contributed by atoms with Crippen molar-refractivity contribution in [1.29, 1.82) is 0 Å². The lowest BCUT2D eigenvalue weighted by molar-refractivity contribution is 0.492. The van der Waals surface area contributed by atoms with E-state index >= 15 is 0 Å². The summed E-state index contributed by atoms with van der Waals surface area (Å²) < 4.78 is 28.0. The molecule has 25 heavy (non-hydrogen) atoms. The van der Waals surface area contributed by atoms with Crippen molar-refractivity contribution in [2.45, 2.75) is 38.8 Å². The van der Waals surface area contributed by atoms with Gasteiger partial charge in [0, 0.05) is 0 Å². The number of nitrogens with one attached hydrogen (secondary N) is 1. The first-order chi connectivity index (χ1) is 11.9. The Kier molecular flexibility index (Phi) is 7.17. The van der Waals surface area contributed by atoms with Crippen LogP contribution in [-0.4, -0.2) is 14.2 Å². The Labute approximate surface area is 151 Å². The van der Waals surface area contributed by atoms with E-state index in [2.05, 4.69) is 18.6 Å². The molecular formula is C20H28N2O2S. The molecule has 0 saturated heterocycles. The first-order valence-electron chi connectivity index (χ1n) is 8.78. The van der Waals surface area contributed by atoms with E-state index in [1.807, 2.05) is 60.7 Å². The van der Waals surface area contributed by atoms with Gasteiger partial charge in [0.15, 0.2) is 0 Å². The van der Waals surface area contributed by atoms with Gasteiger partial charge in [-0.1, -0.05) is 80.9 Å². The van der Waals surface area contributed by atoms with Crippen LogP contribution in [-0.2, 0) is 10.0 Å². The van der Waals surface area contributed by atoms with Crippen molar-refractivity contribution in [1.82, 2.24) is 4.72 Å². The van der Waals surface area contributed by atoms with Gasteiger partial charge in [0.05, 0.1) is 17.8 Å². The number of rotatable bonds is 9. The molecule has 0 aromatic heterocycles. The third-order valence-corrected chi connectivity index (χ3v) is 5.97. The van der Waals surface area contributed by atoms with Crippen LogP contribution in [0.1, 0.15) is 49.9 Å². The summed E-state index contributed by atoms with van der Waals surface area (Å²) in [5.74, 6) is 0.502. The van der Waals surface area contributed by atoms with Crippen LogP contribution >= 0.6 is 0 Å². The van der Waals surface area contributed by atoms with Crippen molar-refractivity contribution in [2.75, 3.05) is 5.75 Å². The van der Waals surface area contributed by atoms with Crippen LogP contribution in [0.5, 0.6) is 0 Å². The summed E-state index contributed by atoms with van der Waals surface area (Å²) in [6, 6.07) is 18.2. The SMILES string of the molecule is CCC(C)CCS(=O)(=O)NC(c1ccccc1)C(N)c1ccccc1. The van der Waals surface area contributed by atoms with Gasteiger partial charge in [-0.3, -0.25) is 0 Å². The van der Waals surface area contributed by atoms with E-state index in [0.29, 0.717) is 12.3 Å². The van der Waals surface area contributed by atoms with Crippen LogP contribution in [0.2, 0.25) is 0 Å². The summed E-state index contributed by atoms with van der Waals surface area (Å²) in [7, 11) is -3.42. The largest absolute Gasteiger partial charge is 0.322 e. The van der Waals surface area contributed by atoms with Crippen LogP contribution < -0.4 is 10.5 Å². The van der Waals surface area contributed by atoms with E-state index in [9.17, 15) is 8.42 Å². The molecule has 2 aromatic rings. The molecule has 0 aliphatic rings. The second kappa shape index (κ2) is 9.13. The highest BCUT2D eigenvalue weighted by Crippen LogP contribution is 2.27. The summed E-state index contributed by atoms with van der Waals surface area (Å²) in [6.07, 6.45) is 1.62. The average Bonchev–Trinajstić information content (AvgIpc) is 2.65. The molecule has 5 heteroatoms. The highest BCUT2D eigenvalue weighted by Gasteiger charge is 2.26. The molecule has 0 aliphatic carbocycles. The summed E-state index contributed by atoms with van der Waals surface area (Å²) in [5.41, 5.74) is 8.20. The Hall–Kier alpha value is -1.69. The van der Waals surface area contributed by atoms with Crippen molar-refractivity contribution in [3.8, 4) is 0 Å². The van der Waals surface area contributed by atoms with Gasteiger partial charge in [0.1, 0.15) is 0 Å². The molecule has 0 heterocycles. The highest BCUT2D eigenvalue weighted by molar-refractivity contribution is 7.89. The highest BCUT2D eigenvalue weighted by atomic mass is 32.2. The zero-order valence-electron chi connectivity index (χ0n) is 14.9. The van der Waals surface area contributed by atoms with Gasteiger partial charge in [0.25, 0.3) is 0 Å². The van der Waals surface area contributed by atoms with Crippen molar-refractivity contribution >= 4 is 10.0 Å². The molecule has 0 spiro atoms. The molecule has 3 atom stereocenters. The summed E-state index contributed by atoms with van der Waals surface area (Å²) >= 11 is 0. The molecule has 0 aliphatic heterocycles. The van der Waals surface area contributed by atoms with E-state index in [1.54, 1.807) is 0 Å². The third-order valence-electron chi connectivity index (χ3n) is 4.59. The number of hydrogen-bond donors (Lipinski definition) is 2.